The molecule has 1 heterocycles. The number of nitrogens with zero attached hydrogens (tertiary/aromatic N) is 2. The number of amides is 1. The average molecular weight is 466 g/mol. The highest BCUT2D eigenvalue weighted by atomic mass is 79.9. The molecule has 0 bridgehead atoms. The molecule has 0 aromatic heterocycles. The molecule has 0 aliphatic carbocycles. The number of carbonyl (C=O) groups is 1. The van der Waals surface area contributed by atoms with Crippen LogP contribution in [-0.2, 0) is 10.0 Å². The normalized spacial score (nSPS) is 15.4. The number of hydrogen-bond donors (Lipinski definition) is 1. The number of piperazine rings is 1. The quantitative estimate of drug-likeness (QED) is 0.711. The zero-order valence-corrected chi connectivity index (χ0v) is 18.2. The summed E-state index contributed by atoms with van der Waals surface area (Å²) in [5.74, 6) is -0.389. The Morgan fingerprint density at radius 1 is 1.07 bits per heavy atom. The van der Waals surface area contributed by atoms with Gasteiger partial charge in [-0.1, -0.05) is 24.3 Å². The lowest BCUT2D eigenvalue weighted by molar-refractivity contribution is 0.0955. The number of halogens is 1. The van der Waals surface area contributed by atoms with Crippen LogP contribution < -0.4 is 10.2 Å². The second-order valence-electron chi connectivity index (χ2n) is 6.78. The fourth-order valence-electron chi connectivity index (χ4n) is 3.21. The van der Waals surface area contributed by atoms with Crippen molar-refractivity contribution in [2.24, 2.45) is 0 Å². The van der Waals surface area contributed by atoms with Crippen LogP contribution in [-0.4, -0.2) is 57.1 Å². The molecule has 6 nitrogen and oxygen atoms in total. The predicted octanol–water partition coefficient (Wildman–Crippen LogP) is 2.64. The molecule has 1 fully saturated rings. The second-order valence-corrected chi connectivity index (χ2v) is 9.72. The van der Waals surface area contributed by atoms with Crippen molar-refractivity contribution in [3.63, 3.8) is 0 Å². The molecule has 0 spiro atoms. The topological polar surface area (TPSA) is 69.7 Å². The van der Waals surface area contributed by atoms with Gasteiger partial charge in [0.05, 0.1) is 11.3 Å². The third-order valence-electron chi connectivity index (χ3n) is 4.76. The van der Waals surface area contributed by atoms with Crippen LogP contribution in [0.5, 0.6) is 0 Å². The number of benzene rings is 2. The minimum atomic E-state index is -3.40. The third-order valence-corrected chi connectivity index (χ3v) is 7.33. The first kappa shape index (κ1) is 20.8. The first-order valence-electron chi connectivity index (χ1n) is 9.19. The predicted molar refractivity (Wildman–Crippen MR) is 115 cm³/mol. The van der Waals surface area contributed by atoms with E-state index in [1.807, 2.05) is 25.1 Å². The van der Waals surface area contributed by atoms with Gasteiger partial charge < -0.3 is 10.2 Å². The molecule has 8 heteroatoms. The van der Waals surface area contributed by atoms with Crippen LogP contribution in [0.25, 0.3) is 0 Å². The van der Waals surface area contributed by atoms with Crippen molar-refractivity contribution in [1.29, 1.82) is 0 Å². The van der Waals surface area contributed by atoms with Gasteiger partial charge in [-0.05, 0) is 52.7 Å². The van der Waals surface area contributed by atoms with Gasteiger partial charge in [-0.25, -0.2) is 8.42 Å². The van der Waals surface area contributed by atoms with Crippen molar-refractivity contribution in [2.45, 2.75) is 6.92 Å². The zero-order valence-electron chi connectivity index (χ0n) is 15.8. The molecule has 150 valence electrons. The summed E-state index contributed by atoms with van der Waals surface area (Å²) in [7, 11) is -3.40. The molecule has 0 saturated carbocycles. The third kappa shape index (κ3) is 5.12. The zero-order chi connectivity index (χ0) is 20.1. The summed E-state index contributed by atoms with van der Waals surface area (Å²) in [6.07, 6.45) is 0. The maximum Gasteiger partial charge on any atom is 0.252 e. The van der Waals surface area contributed by atoms with Gasteiger partial charge in [0.25, 0.3) is 5.91 Å². The highest BCUT2D eigenvalue weighted by Gasteiger charge is 2.27. The van der Waals surface area contributed by atoms with E-state index in [2.05, 4.69) is 38.3 Å². The number of hydrogen-bond acceptors (Lipinski definition) is 4. The molecule has 3 rings (SSSR count). The van der Waals surface area contributed by atoms with Gasteiger partial charge in [0.15, 0.2) is 0 Å². The fourth-order valence-corrected chi connectivity index (χ4v) is 5.02. The Morgan fingerprint density at radius 3 is 2.46 bits per heavy atom. The minimum Gasteiger partial charge on any atom is -0.369 e. The molecule has 28 heavy (non-hydrogen) atoms. The van der Waals surface area contributed by atoms with E-state index >= 15 is 0 Å². The van der Waals surface area contributed by atoms with Crippen molar-refractivity contribution in [1.82, 2.24) is 9.62 Å². The molecule has 1 aliphatic rings. The maximum atomic E-state index is 12.6. The maximum absolute atomic E-state index is 12.6. The summed E-state index contributed by atoms with van der Waals surface area (Å²) in [4.78, 5) is 14.4. The molecular formula is C20H24BrN3O3S. The SMILES string of the molecule is Cc1cccc(N2CCN(S(=O)(=O)CCNC(=O)c3ccccc3Br)CC2)c1. The van der Waals surface area contributed by atoms with E-state index in [0.717, 1.165) is 5.69 Å². The molecule has 1 N–H and O–H groups in total. The Balaban J connectivity index is 1.50. The van der Waals surface area contributed by atoms with Gasteiger partial charge in [-0.3, -0.25) is 4.79 Å². The largest absolute Gasteiger partial charge is 0.369 e. The summed E-state index contributed by atoms with van der Waals surface area (Å²) >= 11 is 3.33. The number of nitrogens with one attached hydrogen (secondary N) is 1. The Hall–Kier alpha value is -1.90. The molecule has 1 amide bonds. The van der Waals surface area contributed by atoms with Gasteiger partial charge in [-0.15, -0.1) is 0 Å². The van der Waals surface area contributed by atoms with Crippen molar-refractivity contribution in [2.75, 3.05) is 43.4 Å². The van der Waals surface area contributed by atoms with Crippen molar-refractivity contribution in [3.05, 3.63) is 64.1 Å². The Bertz CT molecular complexity index is 941. The smallest absolute Gasteiger partial charge is 0.252 e. The number of carbonyl (C=O) groups excluding carboxylic acids is 1. The van der Waals surface area contributed by atoms with Gasteiger partial charge in [0, 0.05) is 42.9 Å². The van der Waals surface area contributed by atoms with E-state index in [4.69, 9.17) is 0 Å². The number of rotatable bonds is 6. The Kier molecular flexibility index (Phi) is 6.74. The molecule has 2 aromatic carbocycles. The van der Waals surface area contributed by atoms with E-state index in [-0.39, 0.29) is 18.2 Å². The van der Waals surface area contributed by atoms with Crippen LogP contribution in [0, 0.1) is 6.92 Å². The Labute approximate surface area is 174 Å². The summed E-state index contributed by atoms with van der Waals surface area (Å²) < 4.78 is 27.4. The van der Waals surface area contributed by atoms with Gasteiger partial charge >= 0.3 is 0 Å². The molecule has 0 unspecified atom stereocenters. The van der Waals surface area contributed by atoms with Crippen molar-refractivity contribution >= 4 is 37.5 Å². The summed E-state index contributed by atoms with van der Waals surface area (Å²) in [6, 6.07) is 15.3. The number of sulfonamides is 1. The van der Waals surface area contributed by atoms with Crippen LogP contribution in [0.2, 0.25) is 0 Å². The second kappa shape index (κ2) is 9.07. The van der Waals surface area contributed by atoms with Gasteiger partial charge in [0.2, 0.25) is 10.0 Å². The number of anilines is 1. The average Bonchev–Trinajstić information content (AvgIpc) is 2.68. The standard InChI is InChI=1S/C20H24BrN3O3S/c1-16-5-4-6-17(15-16)23-10-12-24(13-11-23)28(26,27)14-9-22-20(25)18-7-2-3-8-19(18)21/h2-8,15H,9-14H2,1H3,(H,22,25). The van der Waals surface area contributed by atoms with Crippen LogP contribution in [0.1, 0.15) is 15.9 Å². The van der Waals surface area contributed by atoms with Crippen LogP contribution in [0.4, 0.5) is 5.69 Å². The molecule has 0 atom stereocenters. The van der Waals surface area contributed by atoms with Gasteiger partial charge in [0.1, 0.15) is 0 Å². The summed E-state index contributed by atoms with van der Waals surface area (Å²) in [5, 5.41) is 2.69. The fraction of sp³-hybridized carbons (Fsp3) is 0.350. The van der Waals surface area contributed by atoms with Crippen LogP contribution in [0.15, 0.2) is 53.0 Å². The minimum absolute atomic E-state index is 0.0839. The highest BCUT2D eigenvalue weighted by molar-refractivity contribution is 9.10. The lowest BCUT2D eigenvalue weighted by Gasteiger charge is -2.35. The first-order valence-corrected chi connectivity index (χ1v) is 11.6. The first-order chi connectivity index (χ1) is 13.4. The lowest BCUT2D eigenvalue weighted by atomic mass is 10.2. The monoisotopic (exact) mass is 465 g/mol. The van der Waals surface area contributed by atoms with E-state index in [1.54, 1.807) is 18.2 Å². The van der Waals surface area contributed by atoms with Crippen molar-refractivity contribution in [3.8, 4) is 0 Å². The van der Waals surface area contributed by atoms with E-state index in [0.29, 0.717) is 36.2 Å². The van der Waals surface area contributed by atoms with Crippen LogP contribution in [0.3, 0.4) is 0 Å². The Morgan fingerprint density at radius 2 is 1.79 bits per heavy atom. The highest BCUT2D eigenvalue weighted by Crippen LogP contribution is 2.19. The van der Waals surface area contributed by atoms with E-state index < -0.39 is 10.0 Å². The molecule has 2 aromatic rings. The summed E-state index contributed by atoms with van der Waals surface area (Å²) in [6.45, 7) is 4.36. The molecular weight excluding hydrogens is 442 g/mol. The van der Waals surface area contributed by atoms with E-state index in [1.165, 1.54) is 9.87 Å². The number of aryl methyl sites for hydroxylation is 1. The van der Waals surface area contributed by atoms with Crippen LogP contribution >= 0.6 is 15.9 Å². The van der Waals surface area contributed by atoms with Gasteiger partial charge in [-0.2, -0.15) is 4.31 Å². The van der Waals surface area contributed by atoms with E-state index in [9.17, 15) is 13.2 Å². The molecule has 1 saturated heterocycles. The molecule has 0 radical (unpaired) electrons. The summed E-state index contributed by atoms with van der Waals surface area (Å²) in [5.41, 5.74) is 2.80. The molecule has 1 aliphatic heterocycles. The van der Waals surface area contributed by atoms with Crippen molar-refractivity contribution < 1.29 is 13.2 Å². The lowest BCUT2D eigenvalue weighted by Crippen LogP contribution is -2.50.